The van der Waals surface area contributed by atoms with Gasteiger partial charge in [0.1, 0.15) is 17.2 Å². The molecule has 0 heterocycles. The van der Waals surface area contributed by atoms with Crippen molar-refractivity contribution in [2.45, 2.75) is 0 Å². The molecule has 0 saturated heterocycles. The quantitative estimate of drug-likeness (QED) is 0.740. The summed E-state index contributed by atoms with van der Waals surface area (Å²) in [6.07, 6.45) is 0. The van der Waals surface area contributed by atoms with Crippen molar-refractivity contribution in [3.05, 3.63) is 91.0 Å². The SMILES string of the molecule is COc1ccccc1.COc1ccccc1.Oc1ccccc1. The molecule has 0 aliphatic carbocycles. The highest BCUT2D eigenvalue weighted by Crippen LogP contribution is 2.06. The zero-order chi connectivity index (χ0) is 16.8. The minimum Gasteiger partial charge on any atom is -0.508 e. The Morgan fingerprint density at radius 3 is 1.00 bits per heavy atom. The second kappa shape index (κ2) is 11.7. The number of aromatic hydroxyl groups is 1. The lowest BCUT2D eigenvalue weighted by atomic mass is 10.3. The molecule has 0 aliphatic rings. The molecule has 0 amide bonds. The maximum absolute atomic E-state index is 8.63. The first-order valence-electron chi connectivity index (χ1n) is 7.18. The lowest BCUT2D eigenvalue weighted by molar-refractivity contribution is 0.414. The third kappa shape index (κ3) is 8.83. The van der Waals surface area contributed by atoms with Gasteiger partial charge in [-0.1, -0.05) is 54.6 Å². The van der Waals surface area contributed by atoms with Gasteiger partial charge in [-0.3, -0.25) is 0 Å². The molecular formula is C20H22O3. The molecule has 0 radical (unpaired) electrons. The van der Waals surface area contributed by atoms with E-state index in [4.69, 9.17) is 14.6 Å². The molecule has 3 nitrogen and oxygen atoms in total. The third-order valence-electron chi connectivity index (χ3n) is 2.71. The second-order valence-electron chi connectivity index (χ2n) is 4.37. The van der Waals surface area contributed by atoms with Crippen molar-refractivity contribution in [1.82, 2.24) is 0 Å². The molecule has 0 fully saturated rings. The van der Waals surface area contributed by atoms with E-state index >= 15 is 0 Å². The van der Waals surface area contributed by atoms with Gasteiger partial charge in [-0.05, 0) is 36.4 Å². The fourth-order valence-corrected chi connectivity index (χ4v) is 1.54. The second-order valence-corrected chi connectivity index (χ2v) is 4.37. The molecular weight excluding hydrogens is 288 g/mol. The van der Waals surface area contributed by atoms with E-state index in [2.05, 4.69) is 0 Å². The van der Waals surface area contributed by atoms with Crippen molar-refractivity contribution in [1.29, 1.82) is 0 Å². The van der Waals surface area contributed by atoms with Crippen LogP contribution in [0.5, 0.6) is 17.2 Å². The first kappa shape index (κ1) is 18.1. The van der Waals surface area contributed by atoms with Crippen LogP contribution in [0, 0.1) is 0 Å². The predicted molar refractivity (Wildman–Crippen MR) is 94.1 cm³/mol. The third-order valence-corrected chi connectivity index (χ3v) is 2.71. The van der Waals surface area contributed by atoms with E-state index in [1.54, 1.807) is 38.5 Å². The van der Waals surface area contributed by atoms with Crippen LogP contribution in [0.25, 0.3) is 0 Å². The van der Waals surface area contributed by atoms with E-state index < -0.39 is 0 Å². The largest absolute Gasteiger partial charge is 0.508 e. The Morgan fingerprint density at radius 2 is 0.826 bits per heavy atom. The van der Waals surface area contributed by atoms with Crippen LogP contribution in [0.3, 0.4) is 0 Å². The zero-order valence-corrected chi connectivity index (χ0v) is 13.4. The number of ether oxygens (including phenoxy) is 2. The van der Waals surface area contributed by atoms with E-state index in [0.29, 0.717) is 5.75 Å². The number of phenolic OH excluding ortho intramolecular Hbond substituents is 1. The number of benzene rings is 3. The fourth-order valence-electron chi connectivity index (χ4n) is 1.54. The molecule has 0 saturated carbocycles. The summed E-state index contributed by atoms with van der Waals surface area (Å²) in [4.78, 5) is 0. The summed E-state index contributed by atoms with van der Waals surface area (Å²) in [5, 5.41) is 8.63. The lowest BCUT2D eigenvalue weighted by Gasteiger charge is -1.93. The first-order valence-corrected chi connectivity index (χ1v) is 7.18. The highest BCUT2D eigenvalue weighted by Gasteiger charge is 1.81. The molecule has 0 spiro atoms. The van der Waals surface area contributed by atoms with Crippen LogP contribution in [-0.2, 0) is 0 Å². The summed E-state index contributed by atoms with van der Waals surface area (Å²) in [6, 6.07) is 28.1. The van der Waals surface area contributed by atoms with Crippen LogP contribution in [0.2, 0.25) is 0 Å². The van der Waals surface area contributed by atoms with Crippen molar-refractivity contribution in [2.24, 2.45) is 0 Å². The Bertz CT molecular complexity index is 571. The molecule has 120 valence electrons. The minimum atomic E-state index is 0.322. The molecule has 3 heteroatoms. The topological polar surface area (TPSA) is 38.7 Å². The molecule has 3 aromatic carbocycles. The van der Waals surface area contributed by atoms with Crippen LogP contribution in [0.1, 0.15) is 0 Å². The van der Waals surface area contributed by atoms with E-state index in [9.17, 15) is 0 Å². The molecule has 0 aliphatic heterocycles. The summed E-state index contributed by atoms with van der Waals surface area (Å²) in [5.41, 5.74) is 0. The molecule has 23 heavy (non-hydrogen) atoms. The monoisotopic (exact) mass is 310 g/mol. The summed E-state index contributed by atoms with van der Waals surface area (Å²) in [6.45, 7) is 0. The Kier molecular flexibility index (Phi) is 9.21. The first-order chi connectivity index (χ1) is 11.3. The van der Waals surface area contributed by atoms with Gasteiger partial charge < -0.3 is 14.6 Å². The van der Waals surface area contributed by atoms with Gasteiger partial charge in [0, 0.05) is 0 Å². The van der Waals surface area contributed by atoms with Crippen LogP contribution in [0.4, 0.5) is 0 Å². The molecule has 0 bridgehead atoms. The van der Waals surface area contributed by atoms with Gasteiger partial charge in [0.05, 0.1) is 14.2 Å². The van der Waals surface area contributed by atoms with Gasteiger partial charge in [-0.2, -0.15) is 0 Å². The average molecular weight is 310 g/mol. The normalized spacial score (nSPS) is 8.61. The van der Waals surface area contributed by atoms with Gasteiger partial charge in [-0.25, -0.2) is 0 Å². The maximum atomic E-state index is 8.63. The highest BCUT2D eigenvalue weighted by molar-refractivity contribution is 5.21. The van der Waals surface area contributed by atoms with Gasteiger partial charge >= 0.3 is 0 Å². The number of para-hydroxylation sites is 3. The van der Waals surface area contributed by atoms with Crippen LogP contribution >= 0.6 is 0 Å². The Labute approximate surface area is 137 Å². The summed E-state index contributed by atoms with van der Waals surface area (Å²) >= 11 is 0. The molecule has 0 unspecified atom stereocenters. The number of methoxy groups -OCH3 is 2. The summed E-state index contributed by atoms with van der Waals surface area (Å²) < 4.78 is 9.83. The number of phenols is 1. The zero-order valence-electron chi connectivity index (χ0n) is 13.4. The van der Waals surface area contributed by atoms with Gasteiger partial charge in [0.2, 0.25) is 0 Å². The van der Waals surface area contributed by atoms with Crippen LogP contribution < -0.4 is 9.47 Å². The predicted octanol–water partition coefficient (Wildman–Crippen LogP) is 4.78. The standard InChI is InChI=1S/2C7H8O.C6H6O/c2*1-8-7-5-3-2-4-6-7;7-6-4-2-1-3-5-6/h2*2-6H,1H3;1-5,7H. The van der Waals surface area contributed by atoms with Gasteiger partial charge in [-0.15, -0.1) is 0 Å². The number of rotatable bonds is 2. The molecule has 1 N–H and O–H groups in total. The minimum absolute atomic E-state index is 0.322. The van der Waals surface area contributed by atoms with Crippen molar-refractivity contribution in [3.8, 4) is 17.2 Å². The van der Waals surface area contributed by atoms with E-state index in [1.165, 1.54) is 0 Å². The summed E-state index contributed by atoms with van der Waals surface area (Å²) in [5.74, 6) is 2.14. The lowest BCUT2D eigenvalue weighted by Crippen LogP contribution is -1.78. The molecule has 3 rings (SSSR count). The molecule has 0 aromatic heterocycles. The number of hydrogen-bond donors (Lipinski definition) is 1. The maximum Gasteiger partial charge on any atom is 0.118 e. The number of hydrogen-bond acceptors (Lipinski definition) is 3. The fraction of sp³-hybridized carbons (Fsp3) is 0.100. The van der Waals surface area contributed by atoms with Crippen molar-refractivity contribution >= 4 is 0 Å². The Balaban J connectivity index is 0.000000173. The Hall–Kier alpha value is -2.94. The van der Waals surface area contributed by atoms with E-state index in [-0.39, 0.29) is 0 Å². The molecule has 3 aromatic rings. The van der Waals surface area contributed by atoms with Crippen molar-refractivity contribution in [3.63, 3.8) is 0 Å². The van der Waals surface area contributed by atoms with E-state index in [0.717, 1.165) is 11.5 Å². The summed E-state index contributed by atoms with van der Waals surface area (Å²) in [7, 11) is 3.32. The van der Waals surface area contributed by atoms with Crippen LogP contribution in [-0.4, -0.2) is 19.3 Å². The van der Waals surface area contributed by atoms with Gasteiger partial charge in [0.15, 0.2) is 0 Å². The highest BCUT2D eigenvalue weighted by atomic mass is 16.5. The van der Waals surface area contributed by atoms with Crippen LogP contribution in [0.15, 0.2) is 91.0 Å². The van der Waals surface area contributed by atoms with Crippen molar-refractivity contribution in [2.75, 3.05) is 14.2 Å². The average Bonchev–Trinajstić information content (AvgIpc) is 2.65. The van der Waals surface area contributed by atoms with E-state index in [1.807, 2.05) is 66.7 Å². The smallest absolute Gasteiger partial charge is 0.118 e. The van der Waals surface area contributed by atoms with Gasteiger partial charge in [0.25, 0.3) is 0 Å². The van der Waals surface area contributed by atoms with Crippen molar-refractivity contribution < 1.29 is 14.6 Å². The molecule has 0 atom stereocenters. The Morgan fingerprint density at radius 1 is 0.522 bits per heavy atom.